The molecular formula is C20H20ClN5O3. The van der Waals surface area contributed by atoms with Crippen LogP contribution in [0, 0.1) is 0 Å². The molecule has 3 heterocycles. The molecule has 1 aromatic carbocycles. The van der Waals surface area contributed by atoms with Crippen molar-refractivity contribution in [1.82, 2.24) is 14.7 Å². The molecule has 0 aliphatic carbocycles. The minimum atomic E-state index is -0.404. The van der Waals surface area contributed by atoms with E-state index in [-0.39, 0.29) is 35.4 Å². The number of rotatable bonds is 3. The molecule has 0 atom stereocenters. The minimum absolute atomic E-state index is 0. The molecule has 1 aliphatic rings. The zero-order valence-corrected chi connectivity index (χ0v) is 16.3. The molecule has 29 heavy (non-hydrogen) atoms. The van der Waals surface area contributed by atoms with Crippen molar-refractivity contribution in [1.29, 1.82) is 0 Å². The number of carbonyl (C=O) groups is 1. The monoisotopic (exact) mass is 413 g/mol. The Hall–Kier alpha value is -3.23. The number of nitrogen functional groups attached to an aromatic ring is 1. The average molecular weight is 414 g/mol. The number of hydrogen-bond donors (Lipinski definition) is 1. The van der Waals surface area contributed by atoms with Crippen LogP contribution < -0.4 is 28.3 Å². The van der Waals surface area contributed by atoms with Crippen LogP contribution in [0.1, 0.15) is 10.5 Å². The Labute approximate surface area is 173 Å². The summed E-state index contributed by atoms with van der Waals surface area (Å²) in [5.74, 6) is -0.316. The van der Waals surface area contributed by atoms with Gasteiger partial charge in [0.2, 0.25) is 0 Å². The number of pyridine rings is 1. The summed E-state index contributed by atoms with van der Waals surface area (Å²) in [6.07, 6.45) is 3.43. The molecule has 0 bridgehead atoms. The van der Waals surface area contributed by atoms with Crippen molar-refractivity contribution in [2.75, 3.05) is 32.0 Å². The molecule has 0 spiro atoms. The van der Waals surface area contributed by atoms with Crippen molar-refractivity contribution in [3.05, 3.63) is 77.0 Å². The highest BCUT2D eigenvalue weighted by atomic mass is 35.5. The van der Waals surface area contributed by atoms with Gasteiger partial charge in [-0.3, -0.25) is 9.59 Å². The number of benzene rings is 1. The number of para-hydroxylation sites is 1. The van der Waals surface area contributed by atoms with Crippen LogP contribution in [0.5, 0.6) is 0 Å². The van der Waals surface area contributed by atoms with E-state index in [1.54, 1.807) is 58.3 Å². The number of ether oxygens (including phenoxy) is 1. The van der Waals surface area contributed by atoms with Gasteiger partial charge < -0.3 is 27.8 Å². The molecule has 0 saturated carbocycles. The summed E-state index contributed by atoms with van der Waals surface area (Å²) < 4.78 is 8.14. The number of aromatic nitrogens is 3. The van der Waals surface area contributed by atoms with E-state index >= 15 is 0 Å². The van der Waals surface area contributed by atoms with Gasteiger partial charge >= 0.3 is 11.2 Å². The second-order valence-electron chi connectivity index (χ2n) is 6.35. The fourth-order valence-corrected chi connectivity index (χ4v) is 3.14. The predicted molar refractivity (Wildman–Crippen MR) is 103 cm³/mol. The fraction of sp³-hybridized carbons (Fsp3) is 0.200. The highest BCUT2D eigenvalue weighted by Gasteiger charge is 2.30. The largest absolute Gasteiger partial charge is 1.00 e. The number of hydrogen-bond acceptors (Lipinski definition) is 5. The molecule has 4 rings (SSSR count). The molecule has 0 unspecified atom stereocenters. The van der Waals surface area contributed by atoms with Gasteiger partial charge in [-0.15, -0.1) is 0 Å². The third-order valence-electron chi connectivity index (χ3n) is 4.58. The Morgan fingerprint density at radius 1 is 1.03 bits per heavy atom. The molecular weight excluding hydrogens is 394 g/mol. The SMILES string of the molecule is Nc1c(C(=O)N2CCOCC2)nn(-c2ccccc2)c(=O)c1-[n+]1ccccc1.[Cl-]. The van der Waals surface area contributed by atoms with Gasteiger partial charge in [0.15, 0.2) is 18.1 Å². The van der Waals surface area contributed by atoms with Crippen LogP contribution in [0.3, 0.4) is 0 Å². The van der Waals surface area contributed by atoms with Gasteiger partial charge in [0.05, 0.1) is 18.9 Å². The van der Waals surface area contributed by atoms with Crippen molar-refractivity contribution in [3.8, 4) is 11.4 Å². The van der Waals surface area contributed by atoms with Crippen molar-refractivity contribution >= 4 is 11.6 Å². The maximum absolute atomic E-state index is 13.2. The quantitative estimate of drug-likeness (QED) is 0.482. The minimum Gasteiger partial charge on any atom is -1.00 e. The van der Waals surface area contributed by atoms with Gasteiger partial charge in [0.25, 0.3) is 5.91 Å². The summed E-state index contributed by atoms with van der Waals surface area (Å²) in [4.78, 5) is 27.9. The first-order valence-corrected chi connectivity index (χ1v) is 8.99. The summed E-state index contributed by atoms with van der Waals surface area (Å²) in [6, 6.07) is 14.4. The first-order valence-electron chi connectivity index (χ1n) is 8.99. The Bertz CT molecular complexity index is 1050. The van der Waals surface area contributed by atoms with E-state index in [1.165, 1.54) is 4.68 Å². The average Bonchev–Trinajstić information content (AvgIpc) is 2.75. The number of halogens is 1. The lowest BCUT2D eigenvalue weighted by Gasteiger charge is -2.26. The Morgan fingerprint density at radius 3 is 2.31 bits per heavy atom. The van der Waals surface area contributed by atoms with Crippen LogP contribution in [0.2, 0.25) is 0 Å². The molecule has 2 aromatic heterocycles. The van der Waals surface area contributed by atoms with Crippen LogP contribution in [-0.2, 0) is 4.74 Å². The number of morpholine rings is 1. The van der Waals surface area contributed by atoms with Gasteiger partial charge in [0, 0.05) is 25.2 Å². The zero-order valence-electron chi connectivity index (χ0n) is 15.6. The van der Waals surface area contributed by atoms with E-state index in [1.807, 2.05) is 12.1 Å². The second kappa shape index (κ2) is 8.85. The molecule has 1 amide bonds. The van der Waals surface area contributed by atoms with Crippen LogP contribution in [0.15, 0.2) is 65.7 Å². The lowest BCUT2D eigenvalue weighted by atomic mass is 10.2. The summed E-state index contributed by atoms with van der Waals surface area (Å²) in [5, 5.41) is 4.34. The van der Waals surface area contributed by atoms with Crippen molar-refractivity contribution in [2.24, 2.45) is 0 Å². The molecule has 1 aliphatic heterocycles. The maximum Gasteiger partial charge on any atom is 0.346 e. The first kappa shape index (κ1) is 20.5. The van der Waals surface area contributed by atoms with Crippen molar-refractivity contribution < 1.29 is 26.5 Å². The highest BCUT2D eigenvalue weighted by Crippen LogP contribution is 2.17. The van der Waals surface area contributed by atoms with E-state index in [2.05, 4.69) is 5.10 Å². The van der Waals surface area contributed by atoms with Crippen LogP contribution in [0.25, 0.3) is 11.4 Å². The van der Waals surface area contributed by atoms with E-state index in [0.717, 1.165) is 0 Å². The molecule has 1 fully saturated rings. The fourth-order valence-electron chi connectivity index (χ4n) is 3.14. The zero-order chi connectivity index (χ0) is 19.5. The summed E-state index contributed by atoms with van der Waals surface area (Å²) in [7, 11) is 0. The topological polar surface area (TPSA) is 94.3 Å². The van der Waals surface area contributed by atoms with Crippen molar-refractivity contribution in [3.63, 3.8) is 0 Å². The Morgan fingerprint density at radius 2 is 1.66 bits per heavy atom. The lowest BCUT2D eigenvalue weighted by molar-refractivity contribution is -0.596. The van der Waals surface area contributed by atoms with Gasteiger partial charge in [-0.2, -0.15) is 14.3 Å². The second-order valence-corrected chi connectivity index (χ2v) is 6.35. The molecule has 150 valence electrons. The summed E-state index contributed by atoms with van der Waals surface area (Å²) in [5.41, 5.74) is 6.75. The van der Waals surface area contributed by atoms with Gasteiger partial charge in [-0.05, 0) is 12.1 Å². The highest BCUT2D eigenvalue weighted by molar-refractivity contribution is 5.98. The standard InChI is InChI=1S/C20H19N5O3.ClH/c21-16-17(19(26)24-11-13-28-14-12-24)22-25(15-7-3-1-4-8-15)20(27)18(16)23-9-5-2-6-10-23;/h1-10H,11-14H2,(H-,21,27);1H. The van der Waals surface area contributed by atoms with Crippen LogP contribution in [0.4, 0.5) is 5.69 Å². The van der Waals surface area contributed by atoms with E-state index in [4.69, 9.17) is 10.5 Å². The van der Waals surface area contributed by atoms with Crippen molar-refractivity contribution in [2.45, 2.75) is 0 Å². The third kappa shape index (κ3) is 3.98. The smallest absolute Gasteiger partial charge is 0.346 e. The first-order chi connectivity index (χ1) is 13.7. The van der Waals surface area contributed by atoms with E-state index < -0.39 is 5.56 Å². The van der Waals surface area contributed by atoms with Crippen LogP contribution in [-0.4, -0.2) is 46.9 Å². The maximum atomic E-state index is 13.2. The van der Waals surface area contributed by atoms with E-state index in [0.29, 0.717) is 32.0 Å². The number of nitrogens with zero attached hydrogens (tertiary/aromatic N) is 4. The van der Waals surface area contributed by atoms with E-state index in [9.17, 15) is 9.59 Å². The Kier molecular flexibility index (Phi) is 6.26. The van der Waals surface area contributed by atoms with Crippen LogP contribution >= 0.6 is 0 Å². The van der Waals surface area contributed by atoms with Gasteiger partial charge in [0.1, 0.15) is 5.69 Å². The molecule has 3 aromatic rings. The summed E-state index contributed by atoms with van der Waals surface area (Å²) >= 11 is 0. The molecule has 2 N–H and O–H groups in total. The molecule has 1 saturated heterocycles. The normalized spacial score (nSPS) is 13.6. The third-order valence-corrected chi connectivity index (χ3v) is 4.58. The molecule has 9 heteroatoms. The number of carbonyl (C=O) groups excluding carboxylic acids is 1. The van der Waals surface area contributed by atoms with Gasteiger partial charge in [-0.25, -0.2) is 0 Å². The number of nitrogens with two attached hydrogens (primary N) is 1. The number of anilines is 1. The predicted octanol–water partition coefficient (Wildman–Crippen LogP) is -2.43. The molecule has 8 nitrogen and oxygen atoms in total. The Balaban J connectivity index is 0.00000240. The lowest BCUT2D eigenvalue weighted by Crippen LogP contribution is -3.00. The number of amides is 1. The summed E-state index contributed by atoms with van der Waals surface area (Å²) in [6.45, 7) is 1.84. The molecule has 0 radical (unpaired) electrons. The van der Waals surface area contributed by atoms with Gasteiger partial charge in [-0.1, -0.05) is 24.3 Å².